The van der Waals surface area contributed by atoms with Crippen LogP contribution in [0.3, 0.4) is 0 Å². The largest absolute Gasteiger partial charge is 0.492 e. The number of imidazole rings is 1. The molecule has 3 N–H and O–H groups in total. The van der Waals surface area contributed by atoms with E-state index >= 15 is 0 Å². The van der Waals surface area contributed by atoms with Crippen molar-refractivity contribution < 1.29 is 4.74 Å². The standard InChI is InChI=1S/C23H23N7O/c1-29(2)9-10-31-18-7-5-15(6-8-18)20-13-30-14-21(26-22(24)23(30)27-20)16-3-4-17-12-25-28-19(17)11-16/h3-8,11-14H,9-10H2,1-2H3,(H2,24,26)(H,25,28). The smallest absolute Gasteiger partial charge is 0.180 e. The second kappa shape index (κ2) is 7.73. The van der Waals surface area contributed by atoms with Gasteiger partial charge in [-0.3, -0.25) is 5.10 Å². The molecular formula is C23H23N7O. The molecule has 0 bridgehead atoms. The molecule has 0 amide bonds. The third kappa shape index (κ3) is 3.80. The molecule has 0 aliphatic rings. The maximum absolute atomic E-state index is 6.24. The van der Waals surface area contributed by atoms with E-state index in [2.05, 4.69) is 25.1 Å². The molecule has 0 spiro atoms. The maximum Gasteiger partial charge on any atom is 0.180 e. The molecule has 8 heteroatoms. The number of benzene rings is 2. The summed E-state index contributed by atoms with van der Waals surface area (Å²) in [6.07, 6.45) is 5.71. The molecule has 0 saturated carbocycles. The lowest BCUT2D eigenvalue weighted by molar-refractivity contribution is 0.261. The van der Waals surface area contributed by atoms with E-state index in [1.165, 1.54) is 0 Å². The molecular weight excluding hydrogens is 390 g/mol. The molecule has 0 fully saturated rings. The Balaban J connectivity index is 1.44. The lowest BCUT2D eigenvalue weighted by Crippen LogP contribution is -2.19. The SMILES string of the molecule is CN(C)CCOc1ccc(-c2cn3cc(-c4ccc5cn[nH]c5c4)nc(N)c3n2)cc1. The van der Waals surface area contributed by atoms with Gasteiger partial charge in [-0.25, -0.2) is 9.97 Å². The molecule has 2 aromatic carbocycles. The van der Waals surface area contributed by atoms with Crippen LogP contribution in [0, 0.1) is 0 Å². The molecule has 5 rings (SSSR count). The number of nitrogens with zero attached hydrogens (tertiary/aromatic N) is 5. The molecule has 0 saturated heterocycles. The number of ether oxygens (including phenoxy) is 1. The second-order valence-electron chi connectivity index (χ2n) is 7.72. The number of likely N-dealkylation sites (N-methyl/N-ethyl adjacent to an activating group) is 1. The Labute approximate surface area is 179 Å². The topological polar surface area (TPSA) is 97.4 Å². The highest BCUT2D eigenvalue weighted by molar-refractivity contribution is 5.83. The number of nitrogens with two attached hydrogens (primary N) is 1. The Morgan fingerprint density at radius 3 is 2.52 bits per heavy atom. The van der Waals surface area contributed by atoms with Crippen LogP contribution in [0.25, 0.3) is 39.1 Å². The van der Waals surface area contributed by atoms with E-state index in [0.29, 0.717) is 18.1 Å². The van der Waals surface area contributed by atoms with Crippen molar-refractivity contribution in [3.8, 4) is 28.3 Å². The van der Waals surface area contributed by atoms with Gasteiger partial charge in [0.2, 0.25) is 0 Å². The molecule has 0 unspecified atom stereocenters. The van der Waals surface area contributed by atoms with Gasteiger partial charge in [0.15, 0.2) is 11.5 Å². The van der Waals surface area contributed by atoms with Crippen molar-refractivity contribution in [3.63, 3.8) is 0 Å². The highest BCUT2D eigenvalue weighted by Gasteiger charge is 2.12. The average molecular weight is 413 g/mol. The average Bonchev–Trinajstić information content (AvgIpc) is 3.40. The van der Waals surface area contributed by atoms with Gasteiger partial charge in [0, 0.05) is 35.5 Å². The minimum atomic E-state index is 0.386. The van der Waals surface area contributed by atoms with Gasteiger partial charge in [-0.05, 0) is 44.4 Å². The number of rotatable bonds is 6. The van der Waals surface area contributed by atoms with E-state index in [9.17, 15) is 0 Å². The summed E-state index contributed by atoms with van der Waals surface area (Å²) in [6, 6.07) is 14.0. The lowest BCUT2D eigenvalue weighted by Gasteiger charge is -2.11. The minimum Gasteiger partial charge on any atom is -0.492 e. The number of H-pyrrole nitrogens is 1. The van der Waals surface area contributed by atoms with Gasteiger partial charge in [0.25, 0.3) is 0 Å². The summed E-state index contributed by atoms with van der Waals surface area (Å²) in [4.78, 5) is 11.3. The Morgan fingerprint density at radius 2 is 1.74 bits per heavy atom. The normalized spacial score (nSPS) is 11.6. The lowest BCUT2D eigenvalue weighted by atomic mass is 10.1. The minimum absolute atomic E-state index is 0.386. The van der Waals surface area contributed by atoms with Crippen molar-refractivity contribution in [3.05, 3.63) is 61.1 Å². The Kier molecular flexibility index (Phi) is 4.76. The van der Waals surface area contributed by atoms with E-state index in [1.54, 1.807) is 6.20 Å². The summed E-state index contributed by atoms with van der Waals surface area (Å²) in [7, 11) is 4.05. The van der Waals surface area contributed by atoms with Crippen molar-refractivity contribution >= 4 is 22.4 Å². The number of nitrogen functional groups attached to an aromatic ring is 1. The number of hydrogen-bond acceptors (Lipinski definition) is 6. The first-order valence-electron chi connectivity index (χ1n) is 10.0. The zero-order valence-electron chi connectivity index (χ0n) is 17.4. The number of nitrogens with one attached hydrogen (secondary N) is 1. The fourth-order valence-corrected chi connectivity index (χ4v) is 3.46. The monoisotopic (exact) mass is 413 g/mol. The predicted molar refractivity (Wildman–Crippen MR) is 122 cm³/mol. The first-order chi connectivity index (χ1) is 15.1. The second-order valence-corrected chi connectivity index (χ2v) is 7.72. The maximum atomic E-state index is 6.24. The molecule has 0 atom stereocenters. The molecule has 3 heterocycles. The first-order valence-corrected chi connectivity index (χ1v) is 10.0. The fourth-order valence-electron chi connectivity index (χ4n) is 3.46. The van der Waals surface area contributed by atoms with Crippen LogP contribution in [0.4, 0.5) is 5.82 Å². The van der Waals surface area contributed by atoms with Crippen molar-refractivity contribution in [2.24, 2.45) is 0 Å². The highest BCUT2D eigenvalue weighted by Crippen LogP contribution is 2.27. The van der Waals surface area contributed by atoms with Crippen molar-refractivity contribution in [2.45, 2.75) is 0 Å². The number of anilines is 1. The molecule has 0 radical (unpaired) electrons. The number of hydrogen-bond donors (Lipinski definition) is 2. The number of aromatic nitrogens is 5. The van der Waals surface area contributed by atoms with Crippen LogP contribution in [0.1, 0.15) is 0 Å². The van der Waals surface area contributed by atoms with Crippen LogP contribution in [-0.2, 0) is 0 Å². The predicted octanol–water partition coefficient (Wildman–Crippen LogP) is 3.46. The van der Waals surface area contributed by atoms with Crippen LogP contribution in [0.5, 0.6) is 5.75 Å². The fraction of sp³-hybridized carbons (Fsp3) is 0.174. The summed E-state index contributed by atoms with van der Waals surface area (Å²) in [6.45, 7) is 1.52. The molecule has 0 aliphatic heterocycles. The summed E-state index contributed by atoms with van der Waals surface area (Å²) >= 11 is 0. The van der Waals surface area contributed by atoms with Crippen LogP contribution >= 0.6 is 0 Å². The van der Waals surface area contributed by atoms with Gasteiger partial charge >= 0.3 is 0 Å². The Hall–Kier alpha value is -3.91. The summed E-state index contributed by atoms with van der Waals surface area (Å²) in [5.41, 5.74) is 11.4. The number of fused-ring (bicyclic) bond motifs is 2. The van der Waals surface area contributed by atoms with Crippen LogP contribution in [-0.4, -0.2) is 56.7 Å². The van der Waals surface area contributed by atoms with Gasteiger partial charge in [-0.2, -0.15) is 5.10 Å². The Bertz CT molecular complexity index is 1350. The summed E-state index contributed by atoms with van der Waals surface area (Å²) < 4.78 is 7.69. The van der Waals surface area contributed by atoms with Crippen molar-refractivity contribution in [2.75, 3.05) is 33.0 Å². The third-order valence-corrected chi connectivity index (χ3v) is 5.16. The first kappa shape index (κ1) is 19.1. The van der Waals surface area contributed by atoms with Gasteiger partial charge < -0.3 is 19.8 Å². The molecule has 5 aromatic rings. The molecule has 31 heavy (non-hydrogen) atoms. The van der Waals surface area contributed by atoms with Gasteiger partial charge in [0.05, 0.1) is 23.1 Å². The highest BCUT2D eigenvalue weighted by atomic mass is 16.5. The van der Waals surface area contributed by atoms with E-state index in [-0.39, 0.29) is 0 Å². The van der Waals surface area contributed by atoms with E-state index in [4.69, 9.17) is 10.5 Å². The third-order valence-electron chi connectivity index (χ3n) is 5.16. The molecule has 3 aromatic heterocycles. The van der Waals surface area contributed by atoms with E-state index in [0.717, 1.165) is 45.7 Å². The van der Waals surface area contributed by atoms with Crippen LogP contribution in [0.15, 0.2) is 61.1 Å². The van der Waals surface area contributed by atoms with Gasteiger partial charge in [-0.1, -0.05) is 12.1 Å². The molecule has 0 aliphatic carbocycles. The molecule has 156 valence electrons. The van der Waals surface area contributed by atoms with E-state index < -0.39 is 0 Å². The van der Waals surface area contributed by atoms with Crippen LogP contribution < -0.4 is 10.5 Å². The zero-order valence-corrected chi connectivity index (χ0v) is 17.4. The summed E-state index contributed by atoms with van der Waals surface area (Å²) in [5, 5.41) is 8.12. The Morgan fingerprint density at radius 1 is 1.00 bits per heavy atom. The zero-order chi connectivity index (χ0) is 21.4. The van der Waals surface area contributed by atoms with Crippen LogP contribution in [0.2, 0.25) is 0 Å². The van der Waals surface area contributed by atoms with E-state index in [1.807, 2.05) is 73.4 Å². The number of aromatic amines is 1. The van der Waals surface area contributed by atoms with Crippen molar-refractivity contribution in [1.29, 1.82) is 0 Å². The quantitative estimate of drug-likeness (QED) is 0.442. The summed E-state index contributed by atoms with van der Waals surface area (Å²) in [5.74, 6) is 1.23. The van der Waals surface area contributed by atoms with Crippen molar-refractivity contribution in [1.82, 2.24) is 29.5 Å². The van der Waals surface area contributed by atoms with Gasteiger partial charge in [0.1, 0.15) is 12.4 Å². The van der Waals surface area contributed by atoms with Gasteiger partial charge in [-0.15, -0.1) is 0 Å². The molecule has 8 nitrogen and oxygen atoms in total.